The summed E-state index contributed by atoms with van der Waals surface area (Å²) in [5, 5.41) is -0.112. The molecule has 0 N–H and O–H groups in total. The molecule has 0 aliphatic carbocycles. The Labute approximate surface area is 81.5 Å². The second kappa shape index (κ2) is 3.18. The van der Waals surface area contributed by atoms with Crippen molar-refractivity contribution in [1.82, 2.24) is 0 Å². The van der Waals surface area contributed by atoms with E-state index >= 15 is 0 Å². The average Bonchev–Trinajstić information content (AvgIpc) is 2.09. The topological polar surface area (TPSA) is 9.23 Å². The van der Waals surface area contributed by atoms with E-state index < -0.39 is 0 Å². The molecule has 1 heterocycles. The van der Waals surface area contributed by atoms with Crippen LogP contribution in [0.2, 0.25) is 0 Å². The Morgan fingerprint density at radius 1 is 1.54 bits per heavy atom. The van der Waals surface area contributed by atoms with E-state index in [0.717, 1.165) is 17.7 Å². The molecule has 1 aliphatic rings. The number of ether oxygens (including phenoxy) is 1. The Bertz CT molecular complexity index is 338. The summed E-state index contributed by atoms with van der Waals surface area (Å²) in [4.78, 5) is 0. The van der Waals surface area contributed by atoms with Crippen molar-refractivity contribution in [3.63, 3.8) is 0 Å². The van der Waals surface area contributed by atoms with Crippen LogP contribution in [0.5, 0.6) is 5.75 Å². The summed E-state index contributed by atoms with van der Waals surface area (Å²) in [6.07, 6.45) is 0.747. The molecule has 1 nitrogen and oxygen atoms in total. The van der Waals surface area contributed by atoms with Gasteiger partial charge in [0, 0.05) is 12.0 Å². The zero-order valence-electron chi connectivity index (χ0n) is 7.31. The van der Waals surface area contributed by atoms with E-state index in [2.05, 4.69) is 0 Å². The average molecular weight is 201 g/mol. The number of halogens is 2. The van der Waals surface area contributed by atoms with Crippen LogP contribution in [0.3, 0.4) is 0 Å². The fourth-order valence-electron chi connectivity index (χ4n) is 1.47. The van der Waals surface area contributed by atoms with Crippen LogP contribution in [0.15, 0.2) is 12.1 Å². The van der Waals surface area contributed by atoms with Gasteiger partial charge in [0.05, 0.1) is 12.0 Å². The van der Waals surface area contributed by atoms with Crippen LogP contribution in [-0.4, -0.2) is 6.61 Å². The molecule has 0 amide bonds. The highest BCUT2D eigenvalue weighted by molar-refractivity contribution is 6.21. The first-order chi connectivity index (χ1) is 6.18. The monoisotopic (exact) mass is 200 g/mol. The van der Waals surface area contributed by atoms with Gasteiger partial charge in [-0.15, -0.1) is 11.6 Å². The summed E-state index contributed by atoms with van der Waals surface area (Å²) in [7, 11) is 0. The predicted octanol–water partition coefficient (Wildman–Crippen LogP) is 3.20. The fourth-order valence-corrected chi connectivity index (χ4v) is 1.73. The van der Waals surface area contributed by atoms with Gasteiger partial charge in [0.2, 0.25) is 0 Å². The van der Waals surface area contributed by atoms with Crippen molar-refractivity contribution in [2.24, 2.45) is 0 Å². The van der Waals surface area contributed by atoms with Crippen LogP contribution in [0.4, 0.5) is 4.39 Å². The summed E-state index contributed by atoms with van der Waals surface area (Å²) < 4.78 is 18.5. The molecule has 3 heteroatoms. The molecule has 0 fully saturated rings. The van der Waals surface area contributed by atoms with Crippen molar-refractivity contribution in [1.29, 1.82) is 0 Å². The summed E-state index contributed by atoms with van der Waals surface area (Å²) in [6.45, 7) is 2.34. The maximum Gasteiger partial charge on any atom is 0.126 e. The van der Waals surface area contributed by atoms with Gasteiger partial charge in [-0.3, -0.25) is 0 Å². The summed E-state index contributed by atoms with van der Waals surface area (Å²) in [5.41, 5.74) is 1.38. The van der Waals surface area contributed by atoms with E-state index in [9.17, 15) is 4.39 Å². The minimum Gasteiger partial charge on any atom is -0.493 e. The first-order valence-electron chi connectivity index (χ1n) is 4.25. The number of hydrogen-bond donors (Lipinski definition) is 0. The molecule has 0 radical (unpaired) electrons. The molecule has 0 saturated carbocycles. The number of benzene rings is 1. The van der Waals surface area contributed by atoms with Crippen LogP contribution in [0.1, 0.15) is 22.9 Å². The van der Waals surface area contributed by atoms with Crippen molar-refractivity contribution < 1.29 is 9.13 Å². The van der Waals surface area contributed by atoms with E-state index in [1.54, 1.807) is 13.0 Å². The molecule has 2 rings (SSSR count). The molecule has 1 aromatic rings. The minimum atomic E-state index is -0.213. The normalized spacial score (nSPS) is 20.7. The van der Waals surface area contributed by atoms with E-state index in [0.29, 0.717) is 12.2 Å². The van der Waals surface area contributed by atoms with Gasteiger partial charge in [-0.1, -0.05) is 0 Å². The zero-order chi connectivity index (χ0) is 9.42. The van der Waals surface area contributed by atoms with Crippen LogP contribution in [0, 0.1) is 12.7 Å². The molecule has 0 saturated heterocycles. The lowest BCUT2D eigenvalue weighted by atomic mass is 10.0. The van der Waals surface area contributed by atoms with Crippen LogP contribution < -0.4 is 4.74 Å². The van der Waals surface area contributed by atoms with Gasteiger partial charge in [0.25, 0.3) is 0 Å². The SMILES string of the molecule is Cc1cc2c(cc1F)C(Cl)CCO2. The molecule has 70 valence electrons. The molecule has 13 heavy (non-hydrogen) atoms. The molecular formula is C10H10ClFO. The second-order valence-corrected chi connectivity index (χ2v) is 3.77. The first-order valence-corrected chi connectivity index (χ1v) is 4.69. The Morgan fingerprint density at radius 3 is 3.08 bits per heavy atom. The van der Waals surface area contributed by atoms with Gasteiger partial charge in [-0.25, -0.2) is 4.39 Å². The Kier molecular flexibility index (Phi) is 2.16. The molecule has 0 aromatic heterocycles. The largest absolute Gasteiger partial charge is 0.493 e. The zero-order valence-corrected chi connectivity index (χ0v) is 8.07. The number of aryl methyl sites for hydroxylation is 1. The highest BCUT2D eigenvalue weighted by atomic mass is 35.5. The Hall–Kier alpha value is -0.760. The molecule has 1 aliphatic heterocycles. The van der Waals surface area contributed by atoms with E-state index in [1.807, 2.05) is 0 Å². The third-order valence-electron chi connectivity index (χ3n) is 2.26. The highest BCUT2D eigenvalue weighted by Gasteiger charge is 2.20. The summed E-state index contributed by atoms with van der Waals surface area (Å²) in [5.74, 6) is 0.514. The van der Waals surface area contributed by atoms with Gasteiger partial charge in [-0.05, 0) is 24.6 Å². The van der Waals surface area contributed by atoms with Crippen molar-refractivity contribution in [2.45, 2.75) is 18.7 Å². The molecule has 0 bridgehead atoms. The smallest absolute Gasteiger partial charge is 0.126 e. The summed E-state index contributed by atoms with van der Waals surface area (Å²) in [6, 6.07) is 3.18. The second-order valence-electron chi connectivity index (χ2n) is 3.24. The number of rotatable bonds is 0. The van der Waals surface area contributed by atoms with E-state index in [1.165, 1.54) is 6.07 Å². The molecule has 0 spiro atoms. The van der Waals surface area contributed by atoms with Crippen molar-refractivity contribution in [3.05, 3.63) is 29.1 Å². The van der Waals surface area contributed by atoms with Gasteiger partial charge in [-0.2, -0.15) is 0 Å². The minimum absolute atomic E-state index is 0.112. The number of alkyl halides is 1. The van der Waals surface area contributed by atoms with Gasteiger partial charge in [0.15, 0.2) is 0 Å². The van der Waals surface area contributed by atoms with Crippen molar-refractivity contribution in [2.75, 3.05) is 6.61 Å². The van der Waals surface area contributed by atoms with Gasteiger partial charge < -0.3 is 4.74 Å². The van der Waals surface area contributed by atoms with Gasteiger partial charge >= 0.3 is 0 Å². The maximum absolute atomic E-state index is 13.2. The number of hydrogen-bond acceptors (Lipinski definition) is 1. The molecule has 1 atom stereocenters. The fraction of sp³-hybridized carbons (Fsp3) is 0.400. The lowest BCUT2D eigenvalue weighted by Crippen LogP contribution is -2.11. The molecule has 1 unspecified atom stereocenters. The van der Waals surface area contributed by atoms with Crippen LogP contribution in [-0.2, 0) is 0 Å². The summed E-state index contributed by atoms with van der Waals surface area (Å²) >= 11 is 6.02. The van der Waals surface area contributed by atoms with Crippen LogP contribution >= 0.6 is 11.6 Å². The number of fused-ring (bicyclic) bond motifs is 1. The highest BCUT2D eigenvalue weighted by Crippen LogP contribution is 2.37. The Morgan fingerprint density at radius 2 is 2.31 bits per heavy atom. The first kappa shape index (κ1) is 8.82. The van der Waals surface area contributed by atoms with Crippen molar-refractivity contribution in [3.8, 4) is 5.75 Å². The molecule has 1 aromatic carbocycles. The maximum atomic E-state index is 13.2. The van der Waals surface area contributed by atoms with Crippen LogP contribution in [0.25, 0.3) is 0 Å². The quantitative estimate of drug-likeness (QED) is 0.585. The third-order valence-corrected chi connectivity index (χ3v) is 2.71. The Balaban J connectivity index is 2.52. The van der Waals surface area contributed by atoms with E-state index in [-0.39, 0.29) is 11.2 Å². The van der Waals surface area contributed by atoms with E-state index in [4.69, 9.17) is 16.3 Å². The predicted molar refractivity (Wildman–Crippen MR) is 49.8 cm³/mol. The molecular weight excluding hydrogens is 191 g/mol. The lowest BCUT2D eigenvalue weighted by molar-refractivity contribution is 0.284. The standard InChI is InChI=1S/C10H10ClFO/c1-6-4-10-7(5-9(6)12)8(11)2-3-13-10/h4-5,8H,2-3H2,1H3. The van der Waals surface area contributed by atoms with Crippen molar-refractivity contribution >= 4 is 11.6 Å². The third kappa shape index (κ3) is 1.51. The van der Waals surface area contributed by atoms with Gasteiger partial charge in [0.1, 0.15) is 11.6 Å². The lowest BCUT2D eigenvalue weighted by Gasteiger charge is -2.21.